The topological polar surface area (TPSA) is 86.3 Å². The van der Waals surface area contributed by atoms with E-state index in [9.17, 15) is 4.79 Å². The average Bonchev–Trinajstić information content (AvgIpc) is 3.54. The normalized spacial score (nSPS) is 13.9. The fourth-order valence-corrected chi connectivity index (χ4v) is 4.50. The number of benzene rings is 2. The van der Waals surface area contributed by atoms with Gasteiger partial charge in [-0.3, -0.25) is 0 Å². The number of hydrogen-bond donors (Lipinski definition) is 0. The number of rotatable bonds is 5. The Bertz CT molecular complexity index is 1440. The Morgan fingerprint density at radius 3 is 2.33 bits per heavy atom. The molecule has 36 heavy (non-hydrogen) atoms. The smallest absolute Gasteiger partial charge is 0.410 e. The molecule has 0 aliphatic carbocycles. The molecular formula is C25H22Cl3N5O3. The molecule has 0 saturated carbocycles. The lowest BCUT2D eigenvalue weighted by atomic mass is 9.97. The summed E-state index contributed by atoms with van der Waals surface area (Å²) in [5.41, 5.74) is 2.88. The monoisotopic (exact) mass is 545 g/mol. The molecule has 0 radical (unpaired) electrons. The first-order valence-corrected chi connectivity index (χ1v) is 12.3. The molecule has 0 N–H and O–H groups in total. The van der Waals surface area contributed by atoms with Gasteiger partial charge in [-0.05, 0) is 30.3 Å². The molecule has 0 unspecified atom stereocenters. The van der Waals surface area contributed by atoms with Crippen LogP contribution in [0.2, 0.25) is 15.1 Å². The van der Waals surface area contributed by atoms with E-state index in [0.717, 1.165) is 5.56 Å². The third-order valence-corrected chi connectivity index (χ3v) is 6.49. The van der Waals surface area contributed by atoms with Gasteiger partial charge in [0.2, 0.25) is 5.89 Å². The number of hydrogen-bond acceptors (Lipinski definition) is 6. The van der Waals surface area contributed by atoms with E-state index in [4.69, 9.17) is 49.1 Å². The van der Waals surface area contributed by atoms with E-state index < -0.39 is 6.09 Å². The van der Waals surface area contributed by atoms with Crippen LogP contribution in [0.25, 0.3) is 28.5 Å². The number of ether oxygens (including phenoxy) is 1. The highest BCUT2D eigenvalue weighted by molar-refractivity contribution is 6.35. The van der Waals surface area contributed by atoms with Crippen molar-refractivity contribution in [1.82, 2.24) is 24.9 Å². The van der Waals surface area contributed by atoms with Crippen molar-refractivity contribution in [2.24, 2.45) is 0 Å². The van der Waals surface area contributed by atoms with Gasteiger partial charge in [-0.15, -0.1) is 10.2 Å². The summed E-state index contributed by atoms with van der Waals surface area (Å²) in [6.07, 6.45) is -0.402. The molecular weight excluding hydrogens is 525 g/mol. The second-order valence-corrected chi connectivity index (χ2v) is 10.7. The van der Waals surface area contributed by atoms with Gasteiger partial charge in [0.05, 0.1) is 29.5 Å². The van der Waals surface area contributed by atoms with E-state index in [1.807, 2.05) is 32.9 Å². The lowest BCUT2D eigenvalue weighted by Gasteiger charge is -2.15. The Kier molecular flexibility index (Phi) is 6.44. The Labute approximate surface area is 222 Å². The van der Waals surface area contributed by atoms with Crippen LogP contribution in [0.4, 0.5) is 4.79 Å². The molecule has 1 amide bonds. The fraction of sp³-hybridized carbons (Fsp3) is 0.280. The molecule has 2 aromatic heterocycles. The van der Waals surface area contributed by atoms with Gasteiger partial charge in [-0.1, -0.05) is 67.7 Å². The second-order valence-electron chi connectivity index (χ2n) is 9.39. The first kappa shape index (κ1) is 24.6. The Morgan fingerprint density at radius 1 is 1.00 bits per heavy atom. The summed E-state index contributed by atoms with van der Waals surface area (Å²) in [5, 5.41) is 14.9. The maximum absolute atomic E-state index is 12.4. The molecule has 1 aliphatic rings. The van der Waals surface area contributed by atoms with E-state index in [-0.39, 0.29) is 17.9 Å². The first-order valence-electron chi connectivity index (χ1n) is 11.2. The van der Waals surface area contributed by atoms with Crippen LogP contribution < -0.4 is 0 Å². The lowest BCUT2D eigenvalue weighted by Crippen LogP contribution is -2.24. The number of halogens is 3. The van der Waals surface area contributed by atoms with Crippen molar-refractivity contribution in [2.45, 2.75) is 32.7 Å². The lowest BCUT2D eigenvalue weighted by molar-refractivity contribution is 0.157. The first-order chi connectivity index (χ1) is 17.1. The number of cyclic esters (lactones) is 1. The summed E-state index contributed by atoms with van der Waals surface area (Å²) in [6, 6.07) is 12.5. The number of carbonyl (C=O) groups excluding carboxylic acids is 1. The molecule has 5 rings (SSSR count). The predicted octanol–water partition coefficient (Wildman–Crippen LogP) is 6.80. The Balaban J connectivity index is 1.78. The van der Waals surface area contributed by atoms with Crippen molar-refractivity contribution in [3.63, 3.8) is 0 Å². The number of aromatic nitrogens is 4. The highest BCUT2D eigenvalue weighted by Gasteiger charge is 2.32. The minimum absolute atomic E-state index is 0.213. The summed E-state index contributed by atoms with van der Waals surface area (Å²) in [6.45, 7) is 6.92. The Morgan fingerprint density at radius 2 is 1.72 bits per heavy atom. The van der Waals surface area contributed by atoms with Gasteiger partial charge in [0.1, 0.15) is 6.61 Å². The molecule has 0 spiro atoms. The number of carbonyl (C=O) groups is 1. The zero-order valence-electron chi connectivity index (χ0n) is 19.8. The molecule has 3 heterocycles. The van der Waals surface area contributed by atoms with Crippen LogP contribution in [-0.2, 0) is 16.7 Å². The summed E-state index contributed by atoms with van der Waals surface area (Å²) >= 11 is 19.0. The maximum atomic E-state index is 12.4. The maximum Gasteiger partial charge on any atom is 0.410 e. The van der Waals surface area contributed by atoms with E-state index in [1.54, 1.807) is 39.9 Å². The van der Waals surface area contributed by atoms with E-state index in [2.05, 4.69) is 10.2 Å². The van der Waals surface area contributed by atoms with Gasteiger partial charge >= 0.3 is 6.09 Å². The van der Waals surface area contributed by atoms with Crippen LogP contribution in [0.1, 0.15) is 32.2 Å². The molecule has 0 atom stereocenters. The highest BCUT2D eigenvalue weighted by atomic mass is 35.5. The zero-order chi connectivity index (χ0) is 25.6. The largest absolute Gasteiger partial charge is 0.448 e. The fourth-order valence-electron chi connectivity index (χ4n) is 3.89. The predicted molar refractivity (Wildman–Crippen MR) is 138 cm³/mol. The molecule has 0 bridgehead atoms. The summed E-state index contributed by atoms with van der Waals surface area (Å²) in [5.74, 6) is 0.706. The quantitative estimate of drug-likeness (QED) is 0.274. The molecule has 1 saturated heterocycles. The molecule has 11 heteroatoms. The van der Waals surface area contributed by atoms with Gasteiger partial charge in [-0.25, -0.2) is 9.48 Å². The van der Waals surface area contributed by atoms with Crippen molar-refractivity contribution < 1.29 is 13.9 Å². The molecule has 8 nitrogen and oxygen atoms in total. The van der Waals surface area contributed by atoms with Gasteiger partial charge in [-0.2, -0.15) is 5.10 Å². The summed E-state index contributed by atoms with van der Waals surface area (Å²) in [4.78, 5) is 14.0. The minimum atomic E-state index is -0.402. The van der Waals surface area contributed by atoms with Crippen molar-refractivity contribution in [2.75, 3.05) is 13.2 Å². The SMILES string of the molecule is CC(C)(C)c1nnc(-c2nn(-c3ccc(Cl)cc3Cl)c(-c3ccc(Cl)cc3)c2CN2CCOC2=O)o1. The molecule has 2 aromatic carbocycles. The number of amides is 1. The van der Waals surface area contributed by atoms with Crippen LogP contribution in [0.15, 0.2) is 46.9 Å². The van der Waals surface area contributed by atoms with Gasteiger partial charge < -0.3 is 14.1 Å². The van der Waals surface area contributed by atoms with Crippen molar-refractivity contribution in [3.8, 4) is 28.5 Å². The van der Waals surface area contributed by atoms with Crippen LogP contribution >= 0.6 is 34.8 Å². The third kappa shape index (κ3) is 4.68. The second kappa shape index (κ2) is 9.42. The molecule has 1 fully saturated rings. The van der Waals surface area contributed by atoms with Crippen molar-refractivity contribution in [3.05, 3.63) is 69.0 Å². The standard InChI is InChI=1S/C25H22Cl3N5O3/c1-25(2,3)23-30-29-22(36-23)20-17(13-32-10-11-35-24(32)34)21(14-4-6-15(26)7-5-14)33(31-20)19-9-8-16(27)12-18(19)28/h4-9,12H,10-11,13H2,1-3H3. The minimum Gasteiger partial charge on any atom is -0.448 e. The Hall–Kier alpha value is -3.07. The van der Waals surface area contributed by atoms with Gasteiger partial charge in [0.25, 0.3) is 5.89 Å². The molecule has 4 aromatic rings. The molecule has 186 valence electrons. The van der Waals surface area contributed by atoms with Crippen LogP contribution in [0.3, 0.4) is 0 Å². The van der Waals surface area contributed by atoms with Gasteiger partial charge in [0, 0.05) is 26.6 Å². The van der Waals surface area contributed by atoms with Crippen LogP contribution in [0, 0.1) is 0 Å². The van der Waals surface area contributed by atoms with Crippen LogP contribution in [0.5, 0.6) is 0 Å². The van der Waals surface area contributed by atoms with Crippen molar-refractivity contribution >= 4 is 40.9 Å². The molecule has 1 aliphatic heterocycles. The van der Waals surface area contributed by atoms with E-state index in [1.165, 1.54) is 0 Å². The summed E-state index contributed by atoms with van der Waals surface area (Å²) in [7, 11) is 0. The van der Waals surface area contributed by atoms with E-state index >= 15 is 0 Å². The summed E-state index contributed by atoms with van der Waals surface area (Å²) < 4.78 is 12.9. The highest BCUT2D eigenvalue weighted by Crippen LogP contribution is 2.38. The van der Waals surface area contributed by atoms with Gasteiger partial charge in [0.15, 0.2) is 5.69 Å². The zero-order valence-corrected chi connectivity index (χ0v) is 22.0. The van der Waals surface area contributed by atoms with E-state index in [0.29, 0.717) is 56.7 Å². The van der Waals surface area contributed by atoms with Crippen LogP contribution in [-0.4, -0.2) is 44.1 Å². The number of nitrogens with zero attached hydrogens (tertiary/aromatic N) is 5. The third-order valence-electron chi connectivity index (χ3n) is 5.70. The average molecular weight is 547 g/mol. The van der Waals surface area contributed by atoms with Crippen molar-refractivity contribution in [1.29, 1.82) is 0 Å².